The first-order valence-corrected chi connectivity index (χ1v) is 36.4. The predicted octanol–water partition coefficient (Wildman–Crippen LogP) is 22.8. The van der Waals surface area contributed by atoms with Crippen molar-refractivity contribution < 1.29 is 42.9 Å². The molecule has 87 heavy (non-hydrogen) atoms. The van der Waals surface area contributed by atoms with Gasteiger partial charge in [0, 0.05) is 12.8 Å². The van der Waals surface area contributed by atoms with Gasteiger partial charge >= 0.3 is 17.9 Å². The number of carbonyl (C=O) groups is 3. The van der Waals surface area contributed by atoms with Crippen LogP contribution in [0.2, 0.25) is 0 Å². The molecule has 0 aromatic rings. The maximum atomic E-state index is 13.0. The number of likely N-dealkylation sites (N-methyl/N-ethyl adjacent to an activating group) is 1. The highest BCUT2D eigenvalue weighted by Crippen LogP contribution is 2.18. The SMILES string of the molecule is CC/C=C\C/C=C\C/C=C\C/C=C\C/C=C\CCCCCCCCCCCCCCCCCC(=O)OC(COC(=O)CCCCCCCCCCCCCCCCCC/C=C\C/C=C\C/C=C\CCCCCCC)COC(OCC[N+](C)(C)C)C(=O)O. The van der Waals surface area contributed by atoms with Crippen molar-refractivity contribution in [3.05, 3.63) is 97.2 Å². The smallest absolute Gasteiger partial charge is 0.361 e. The van der Waals surface area contributed by atoms with Gasteiger partial charge in [-0.15, -0.1) is 0 Å². The molecule has 0 spiro atoms. The van der Waals surface area contributed by atoms with E-state index in [1.807, 2.05) is 21.1 Å². The number of nitrogens with zero attached hydrogens (tertiary/aromatic N) is 1. The normalized spacial score (nSPS) is 13.3. The molecule has 0 heterocycles. The van der Waals surface area contributed by atoms with Crippen molar-refractivity contribution in [2.24, 2.45) is 0 Å². The zero-order valence-electron chi connectivity index (χ0n) is 57.4. The molecule has 502 valence electrons. The van der Waals surface area contributed by atoms with Gasteiger partial charge in [0.1, 0.15) is 13.2 Å². The molecule has 0 rings (SSSR count). The number of hydrogen-bond acceptors (Lipinski definition) is 7. The molecule has 9 heteroatoms. The summed E-state index contributed by atoms with van der Waals surface area (Å²) in [6.07, 6.45) is 90.9. The average molecular weight is 1220 g/mol. The first-order valence-electron chi connectivity index (χ1n) is 36.4. The molecule has 0 fully saturated rings. The van der Waals surface area contributed by atoms with Gasteiger partial charge in [-0.25, -0.2) is 4.79 Å². The van der Waals surface area contributed by atoms with Gasteiger partial charge in [0.15, 0.2) is 6.10 Å². The number of carboxylic acid groups (broad SMARTS) is 1. The lowest BCUT2D eigenvalue weighted by atomic mass is 10.0. The zero-order valence-corrected chi connectivity index (χ0v) is 57.4. The summed E-state index contributed by atoms with van der Waals surface area (Å²) in [5.41, 5.74) is 0. The van der Waals surface area contributed by atoms with Crippen molar-refractivity contribution >= 4 is 17.9 Å². The summed E-state index contributed by atoms with van der Waals surface area (Å²) in [5, 5.41) is 9.76. The van der Waals surface area contributed by atoms with E-state index in [0.717, 1.165) is 83.5 Å². The van der Waals surface area contributed by atoms with Crippen molar-refractivity contribution in [3.8, 4) is 0 Å². The first-order chi connectivity index (χ1) is 42.6. The average Bonchev–Trinajstić information content (AvgIpc) is 3.56. The summed E-state index contributed by atoms with van der Waals surface area (Å²) in [6.45, 7) is 4.79. The number of carbonyl (C=O) groups excluding carboxylic acids is 2. The Bertz CT molecular complexity index is 1750. The Morgan fingerprint density at radius 2 is 0.655 bits per heavy atom. The van der Waals surface area contributed by atoms with Gasteiger partial charge in [0.25, 0.3) is 6.29 Å². The van der Waals surface area contributed by atoms with E-state index in [2.05, 4.69) is 111 Å². The van der Waals surface area contributed by atoms with E-state index < -0.39 is 24.3 Å². The fraction of sp³-hybridized carbons (Fsp3) is 0.756. The minimum absolute atomic E-state index is 0.183. The predicted molar refractivity (Wildman–Crippen MR) is 373 cm³/mol. The van der Waals surface area contributed by atoms with Crippen LogP contribution in [-0.2, 0) is 33.3 Å². The Morgan fingerprint density at radius 1 is 0.356 bits per heavy atom. The van der Waals surface area contributed by atoms with Crippen molar-refractivity contribution in [1.29, 1.82) is 0 Å². The van der Waals surface area contributed by atoms with Crippen LogP contribution in [0.1, 0.15) is 322 Å². The van der Waals surface area contributed by atoms with Crippen molar-refractivity contribution in [3.63, 3.8) is 0 Å². The number of ether oxygens (including phenoxy) is 4. The summed E-state index contributed by atoms with van der Waals surface area (Å²) >= 11 is 0. The van der Waals surface area contributed by atoms with E-state index in [-0.39, 0.29) is 32.2 Å². The third-order valence-electron chi connectivity index (χ3n) is 15.8. The minimum Gasteiger partial charge on any atom is -0.477 e. The molecule has 0 saturated heterocycles. The van der Waals surface area contributed by atoms with Crippen LogP contribution in [-0.4, -0.2) is 87.4 Å². The van der Waals surface area contributed by atoms with E-state index in [1.165, 1.54) is 212 Å². The van der Waals surface area contributed by atoms with Gasteiger partial charge in [-0.3, -0.25) is 9.59 Å². The van der Waals surface area contributed by atoms with E-state index >= 15 is 0 Å². The standard InChI is InChI=1S/C78H137NO8/c1-6-8-10-12-14-16-18-20-22-24-26-28-30-32-34-36-38-40-42-44-46-48-50-52-54-56-58-60-62-64-66-68-75(80)85-72-74(73-86-78(77(82)83)84-71-70-79(3,4)5)87-76(81)69-67-65-63-61-59-57-55-53-51-49-47-45-43-41-39-37-35-33-31-29-27-25-23-21-19-17-15-13-11-9-7-2/h9,11,15,17-18,20-21,23-24,26-27,29-30,32-33,35,74,78H,6-8,10,12-14,16,19,22,25,28,31,34,36-73H2,1-5H3/p+1/b11-9-,17-15-,20-18-,23-21-,26-24-,29-27-,32-30-,35-33-. The highest BCUT2D eigenvalue weighted by Gasteiger charge is 2.25. The molecule has 0 amide bonds. The van der Waals surface area contributed by atoms with Gasteiger partial charge in [-0.05, 0) is 96.3 Å². The quantitative estimate of drug-likeness (QED) is 0.0211. The van der Waals surface area contributed by atoms with Crippen LogP contribution in [0.3, 0.4) is 0 Å². The molecule has 1 N–H and O–H groups in total. The Balaban J connectivity index is 4.09. The third kappa shape index (κ3) is 69.5. The summed E-state index contributed by atoms with van der Waals surface area (Å²) in [7, 11) is 5.98. The molecule has 0 aliphatic rings. The summed E-state index contributed by atoms with van der Waals surface area (Å²) in [6, 6.07) is 0. The number of carboxylic acids is 1. The zero-order chi connectivity index (χ0) is 63.3. The number of quaternary nitrogens is 1. The van der Waals surface area contributed by atoms with E-state index in [9.17, 15) is 19.5 Å². The minimum atomic E-state index is -1.51. The highest BCUT2D eigenvalue weighted by molar-refractivity contribution is 5.71. The van der Waals surface area contributed by atoms with Crippen LogP contribution in [0.25, 0.3) is 0 Å². The third-order valence-corrected chi connectivity index (χ3v) is 15.8. The molecule has 2 unspecified atom stereocenters. The fourth-order valence-electron chi connectivity index (χ4n) is 10.3. The van der Waals surface area contributed by atoms with E-state index in [0.29, 0.717) is 17.4 Å². The van der Waals surface area contributed by atoms with Crippen molar-refractivity contribution in [2.45, 2.75) is 334 Å². The Morgan fingerprint density at radius 3 is 0.977 bits per heavy atom. The molecule has 9 nitrogen and oxygen atoms in total. The molecule has 0 aromatic carbocycles. The summed E-state index contributed by atoms with van der Waals surface area (Å²) < 4.78 is 23.0. The maximum absolute atomic E-state index is 13.0. The van der Waals surface area contributed by atoms with Crippen LogP contribution in [0.5, 0.6) is 0 Å². The van der Waals surface area contributed by atoms with Crippen LogP contribution >= 0.6 is 0 Å². The Kier molecular flexibility index (Phi) is 65.2. The maximum Gasteiger partial charge on any atom is 0.361 e. The number of esters is 2. The number of unbranched alkanes of at least 4 members (excludes halogenated alkanes) is 36. The molecular formula is C78H138NO8+. The molecular weight excluding hydrogens is 1080 g/mol. The molecule has 0 bridgehead atoms. The van der Waals surface area contributed by atoms with Crippen LogP contribution < -0.4 is 0 Å². The van der Waals surface area contributed by atoms with Crippen LogP contribution in [0.4, 0.5) is 0 Å². The number of hydrogen-bond donors (Lipinski definition) is 1. The number of rotatable bonds is 67. The lowest BCUT2D eigenvalue weighted by molar-refractivity contribution is -0.870. The van der Waals surface area contributed by atoms with Crippen LogP contribution in [0, 0.1) is 0 Å². The molecule has 2 atom stereocenters. The topological polar surface area (TPSA) is 108 Å². The Labute approximate surface area is 537 Å². The second kappa shape index (κ2) is 68.1. The second-order valence-corrected chi connectivity index (χ2v) is 25.5. The number of allylic oxidation sites excluding steroid dienone is 16. The van der Waals surface area contributed by atoms with E-state index in [1.54, 1.807) is 0 Å². The summed E-state index contributed by atoms with van der Waals surface area (Å²) in [5.74, 6) is -1.99. The van der Waals surface area contributed by atoms with E-state index in [4.69, 9.17) is 18.9 Å². The van der Waals surface area contributed by atoms with Gasteiger partial charge < -0.3 is 28.5 Å². The van der Waals surface area contributed by atoms with Gasteiger partial charge in [-0.2, -0.15) is 0 Å². The van der Waals surface area contributed by atoms with Gasteiger partial charge in [0.05, 0.1) is 34.4 Å². The molecule has 0 radical (unpaired) electrons. The van der Waals surface area contributed by atoms with Crippen molar-refractivity contribution in [2.75, 3.05) is 47.5 Å². The molecule has 0 aromatic heterocycles. The van der Waals surface area contributed by atoms with Gasteiger partial charge in [0.2, 0.25) is 0 Å². The molecule has 0 aliphatic carbocycles. The lowest BCUT2D eigenvalue weighted by Crippen LogP contribution is -2.40. The molecule has 0 aliphatic heterocycles. The summed E-state index contributed by atoms with van der Waals surface area (Å²) in [4.78, 5) is 37.7. The largest absolute Gasteiger partial charge is 0.477 e. The first kappa shape index (κ1) is 83.2. The lowest BCUT2D eigenvalue weighted by Gasteiger charge is -2.25. The van der Waals surface area contributed by atoms with Crippen molar-refractivity contribution in [1.82, 2.24) is 0 Å². The fourth-order valence-corrected chi connectivity index (χ4v) is 10.3. The van der Waals surface area contributed by atoms with Crippen LogP contribution in [0.15, 0.2) is 97.2 Å². The monoisotopic (exact) mass is 1220 g/mol. The Hall–Kier alpha value is -3.79. The highest BCUT2D eigenvalue weighted by atomic mass is 16.7. The van der Waals surface area contributed by atoms with Gasteiger partial charge in [-0.1, -0.05) is 310 Å². The molecule has 0 saturated carbocycles. The number of aliphatic carboxylic acids is 1. The second-order valence-electron chi connectivity index (χ2n) is 25.5.